The highest BCUT2D eigenvalue weighted by molar-refractivity contribution is 6.53. The maximum absolute atomic E-state index is 12.1. The molecule has 1 radical (unpaired) electrons. The maximum Gasteiger partial charge on any atom is 0.300 e. The molecule has 0 aromatic carbocycles. The summed E-state index contributed by atoms with van der Waals surface area (Å²) in [6, 6.07) is 0. The Balaban J connectivity index is 4.23. The molecular formula is C3Cl4F3. The first-order valence-corrected chi connectivity index (χ1v) is 3.33. The minimum atomic E-state index is -3.50. The van der Waals surface area contributed by atoms with Gasteiger partial charge in [0.15, 0.2) is 0 Å². The molecule has 61 valence electrons. The number of halogens is 7. The van der Waals surface area contributed by atoms with E-state index in [9.17, 15) is 13.2 Å². The summed E-state index contributed by atoms with van der Waals surface area (Å²) in [4.78, 5) is 0. The summed E-state index contributed by atoms with van der Waals surface area (Å²) in [6.07, 6.45) is -2.20. The molecule has 0 amide bonds. The van der Waals surface area contributed by atoms with E-state index < -0.39 is 15.3 Å². The summed E-state index contributed by atoms with van der Waals surface area (Å²) in [5.41, 5.74) is 0. The Morgan fingerprint density at radius 3 is 1.10 bits per heavy atom. The monoisotopic (exact) mass is 233 g/mol. The Labute approximate surface area is 75.2 Å². The minimum absolute atomic E-state index is 2.20. The molecule has 10 heavy (non-hydrogen) atoms. The zero-order valence-corrected chi connectivity index (χ0v) is 7.17. The molecule has 0 aromatic rings. The normalized spacial score (nSPS) is 14.4. The van der Waals surface area contributed by atoms with Crippen LogP contribution in [-0.4, -0.2) is 9.17 Å². The van der Waals surface area contributed by atoms with Gasteiger partial charge < -0.3 is 0 Å². The highest BCUT2D eigenvalue weighted by atomic mass is 35.5. The lowest BCUT2D eigenvalue weighted by Crippen LogP contribution is -2.26. The van der Waals surface area contributed by atoms with Gasteiger partial charge in [0.05, 0.1) is 0 Å². The van der Waals surface area contributed by atoms with Crippen LogP contribution in [0.15, 0.2) is 0 Å². The number of hydrogen-bond donors (Lipinski definition) is 0. The topological polar surface area (TPSA) is 0 Å². The van der Waals surface area contributed by atoms with Crippen LogP contribution in [0.4, 0.5) is 13.2 Å². The average Bonchev–Trinajstić information content (AvgIpc) is 1.59. The molecule has 0 N–H and O–H groups in total. The lowest BCUT2D eigenvalue weighted by atomic mass is 10.4. The summed E-state index contributed by atoms with van der Waals surface area (Å²) in [6.45, 7) is 0. The van der Waals surface area contributed by atoms with Crippen molar-refractivity contribution in [2.24, 2.45) is 0 Å². The van der Waals surface area contributed by atoms with E-state index >= 15 is 0 Å². The Hall–Kier alpha value is 0.950. The van der Waals surface area contributed by atoms with Crippen LogP contribution in [0.25, 0.3) is 0 Å². The second-order valence-electron chi connectivity index (χ2n) is 1.31. The van der Waals surface area contributed by atoms with Crippen LogP contribution in [0.5, 0.6) is 0 Å². The summed E-state index contributed by atoms with van der Waals surface area (Å²) in [5, 5.41) is 0. The quantitative estimate of drug-likeness (QED) is 0.640. The SMILES string of the molecule is F[C](C(F)(Cl)Cl)C(F)(Cl)Cl. The molecule has 0 aliphatic rings. The number of hydrogen-bond acceptors (Lipinski definition) is 0. The zero-order valence-electron chi connectivity index (χ0n) is 4.15. The van der Waals surface area contributed by atoms with Crippen molar-refractivity contribution in [2.75, 3.05) is 0 Å². The summed E-state index contributed by atoms with van der Waals surface area (Å²) in [5.74, 6) is 0. The van der Waals surface area contributed by atoms with E-state index in [1.807, 2.05) is 0 Å². The van der Waals surface area contributed by atoms with Gasteiger partial charge in [-0.2, -0.15) is 0 Å². The van der Waals surface area contributed by atoms with E-state index in [1.54, 1.807) is 0 Å². The van der Waals surface area contributed by atoms with E-state index in [-0.39, 0.29) is 0 Å². The van der Waals surface area contributed by atoms with Gasteiger partial charge in [-0.1, -0.05) is 46.4 Å². The molecule has 7 heteroatoms. The van der Waals surface area contributed by atoms with Gasteiger partial charge in [0.1, 0.15) is 0 Å². The van der Waals surface area contributed by atoms with Crippen LogP contribution in [-0.2, 0) is 0 Å². The lowest BCUT2D eigenvalue weighted by Gasteiger charge is -2.18. The molecule has 0 fully saturated rings. The van der Waals surface area contributed by atoms with Crippen molar-refractivity contribution < 1.29 is 13.2 Å². The fraction of sp³-hybridized carbons (Fsp3) is 0.667. The molecule has 0 heterocycles. The van der Waals surface area contributed by atoms with E-state index in [2.05, 4.69) is 46.4 Å². The first kappa shape index (κ1) is 11.0. The van der Waals surface area contributed by atoms with Gasteiger partial charge in [-0.3, -0.25) is 0 Å². The highest BCUT2D eigenvalue weighted by Crippen LogP contribution is 2.47. The standard InChI is InChI=1S/C3Cl4F3/c4-2(5,9)1(8)3(6,7)10. The summed E-state index contributed by atoms with van der Waals surface area (Å²) < 4.78 is 29.0. The van der Waals surface area contributed by atoms with Gasteiger partial charge in [0.2, 0.25) is 0 Å². The van der Waals surface area contributed by atoms with Crippen molar-refractivity contribution in [1.82, 2.24) is 0 Å². The second kappa shape index (κ2) is 3.13. The fourth-order valence-corrected chi connectivity index (χ4v) is 0.875. The van der Waals surface area contributed by atoms with Crippen LogP contribution in [0, 0.1) is 6.17 Å². The predicted molar refractivity (Wildman–Crippen MR) is 35.4 cm³/mol. The first-order chi connectivity index (χ1) is 4.15. The van der Waals surface area contributed by atoms with Gasteiger partial charge in [-0.05, 0) is 0 Å². The van der Waals surface area contributed by atoms with Gasteiger partial charge in [0.25, 0.3) is 6.17 Å². The predicted octanol–water partition coefficient (Wildman–Crippen LogP) is 3.69. The molecule has 0 saturated heterocycles. The van der Waals surface area contributed by atoms with Crippen molar-refractivity contribution >= 4 is 46.4 Å². The maximum atomic E-state index is 12.1. The Morgan fingerprint density at radius 2 is 1.10 bits per heavy atom. The first-order valence-electron chi connectivity index (χ1n) is 1.82. The van der Waals surface area contributed by atoms with Crippen molar-refractivity contribution in [1.29, 1.82) is 0 Å². The van der Waals surface area contributed by atoms with Gasteiger partial charge >= 0.3 is 9.17 Å². The van der Waals surface area contributed by atoms with E-state index in [0.717, 1.165) is 0 Å². The molecule has 0 spiro atoms. The molecule has 0 aliphatic carbocycles. The lowest BCUT2D eigenvalue weighted by molar-refractivity contribution is 0.214. The number of alkyl halides is 6. The third kappa shape index (κ3) is 3.37. The Morgan fingerprint density at radius 1 is 0.900 bits per heavy atom. The Bertz CT molecular complexity index is 99.9. The van der Waals surface area contributed by atoms with Crippen molar-refractivity contribution in [3.8, 4) is 0 Å². The van der Waals surface area contributed by atoms with Gasteiger partial charge in [0, 0.05) is 0 Å². The second-order valence-corrected chi connectivity index (χ2v) is 3.78. The van der Waals surface area contributed by atoms with E-state index in [1.165, 1.54) is 0 Å². The molecule has 0 bridgehead atoms. The molecule has 0 rings (SSSR count). The van der Waals surface area contributed by atoms with E-state index in [4.69, 9.17) is 0 Å². The average molecular weight is 235 g/mol. The third-order valence-electron chi connectivity index (χ3n) is 0.498. The minimum Gasteiger partial charge on any atom is -0.227 e. The molecular weight excluding hydrogens is 235 g/mol. The molecule has 0 nitrogen and oxygen atoms in total. The van der Waals surface area contributed by atoms with Gasteiger partial charge in [-0.15, -0.1) is 0 Å². The van der Waals surface area contributed by atoms with Crippen LogP contribution >= 0.6 is 46.4 Å². The molecule has 0 unspecified atom stereocenters. The molecule has 0 atom stereocenters. The molecule has 0 aliphatic heterocycles. The zero-order chi connectivity index (χ0) is 8.58. The van der Waals surface area contributed by atoms with Crippen LogP contribution in [0.1, 0.15) is 0 Å². The largest absolute Gasteiger partial charge is 0.300 e. The molecule has 0 saturated carbocycles. The summed E-state index contributed by atoms with van der Waals surface area (Å²) in [7, 11) is 0. The number of rotatable bonds is 2. The molecule has 0 aromatic heterocycles. The van der Waals surface area contributed by atoms with Crippen molar-refractivity contribution in [3.05, 3.63) is 6.17 Å². The third-order valence-corrected chi connectivity index (χ3v) is 1.16. The van der Waals surface area contributed by atoms with Gasteiger partial charge in [-0.25, -0.2) is 13.2 Å². The van der Waals surface area contributed by atoms with Crippen LogP contribution in [0.2, 0.25) is 0 Å². The van der Waals surface area contributed by atoms with Crippen LogP contribution < -0.4 is 0 Å². The highest BCUT2D eigenvalue weighted by Gasteiger charge is 2.52. The Kier molecular flexibility index (Phi) is 3.43. The fourth-order valence-electron chi connectivity index (χ4n) is 0.161. The summed E-state index contributed by atoms with van der Waals surface area (Å²) >= 11 is 17.8. The smallest absolute Gasteiger partial charge is 0.227 e. The van der Waals surface area contributed by atoms with Crippen LogP contribution in [0.3, 0.4) is 0 Å². The van der Waals surface area contributed by atoms with Crippen molar-refractivity contribution in [2.45, 2.75) is 9.17 Å². The van der Waals surface area contributed by atoms with Crippen molar-refractivity contribution in [3.63, 3.8) is 0 Å². The van der Waals surface area contributed by atoms with E-state index in [0.29, 0.717) is 0 Å².